The third kappa shape index (κ3) is 5.97. The van der Waals surface area contributed by atoms with Gasteiger partial charge in [-0.3, -0.25) is 0 Å². The fourth-order valence-corrected chi connectivity index (χ4v) is 2.89. The number of anilines is 1. The SMILES string of the molecule is CCCCCCN(Cc1cccc(C(F)(F)F)c1)c1ccc(OC)cc1. The number of unbranched alkanes of at least 4 members (excludes halogenated alkanes) is 3. The second kappa shape index (κ2) is 9.51. The molecule has 0 saturated heterocycles. The number of hydrogen-bond donors (Lipinski definition) is 0. The van der Waals surface area contributed by atoms with E-state index in [-0.39, 0.29) is 0 Å². The minimum absolute atomic E-state index is 0.447. The zero-order valence-electron chi connectivity index (χ0n) is 15.4. The van der Waals surface area contributed by atoms with E-state index in [0.717, 1.165) is 43.3 Å². The summed E-state index contributed by atoms with van der Waals surface area (Å²) in [5.41, 5.74) is 1.04. The molecule has 2 nitrogen and oxygen atoms in total. The standard InChI is InChI=1S/C21H26F3NO/c1-3-4-5-6-14-25(19-10-12-20(26-2)13-11-19)16-17-8-7-9-18(15-17)21(22,23)24/h7-13,15H,3-6,14,16H2,1-2H3. The molecule has 0 atom stereocenters. The molecular weight excluding hydrogens is 339 g/mol. The summed E-state index contributed by atoms with van der Waals surface area (Å²) >= 11 is 0. The minimum Gasteiger partial charge on any atom is -0.497 e. The van der Waals surface area contributed by atoms with Crippen molar-refractivity contribution in [2.45, 2.75) is 45.3 Å². The first kappa shape index (κ1) is 20.1. The number of halogens is 3. The fraction of sp³-hybridized carbons (Fsp3) is 0.429. The molecule has 0 amide bonds. The van der Waals surface area contributed by atoms with Gasteiger partial charge in [0.25, 0.3) is 0 Å². The molecular formula is C21H26F3NO. The van der Waals surface area contributed by atoms with Gasteiger partial charge < -0.3 is 9.64 Å². The maximum atomic E-state index is 13.0. The van der Waals surface area contributed by atoms with Gasteiger partial charge in [0, 0.05) is 18.8 Å². The molecule has 0 aromatic heterocycles. The smallest absolute Gasteiger partial charge is 0.416 e. The van der Waals surface area contributed by atoms with Crippen molar-refractivity contribution >= 4 is 5.69 Å². The van der Waals surface area contributed by atoms with Gasteiger partial charge in [-0.25, -0.2) is 0 Å². The number of rotatable bonds is 9. The van der Waals surface area contributed by atoms with Crippen LogP contribution < -0.4 is 9.64 Å². The lowest BCUT2D eigenvalue weighted by Gasteiger charge is -2.25. The van der Waals surface area contributed by atoms with Crippen LogP contribution in [0.25, 0.3) is 0 Å². The zero-order chi connectivity index (χ0) is 19.0. The van der Waals surface area contributed by atoms with Crippen LogP contribution in [0, 0.1) is 0 Å². The van der Waals surface area contributed by atoms with Gasteiger partial charge in [0.2, 0.25) is 0 Å². The van der Waals surface area contributed by atoms with Gasteiger partial charge >= 0.3 is 6.18 Å². The molecule has 2 aromatic rings. The second-order valence-corrected chi connectivity index (χ2v) is 6.38. The normalized spacial score (nSPS) is 11.4. The summed E-state index contributed by atoms with van der Waals surface area (Å²) in [6.07, 6.45) is 0.128. The molecule has 0 bridgehead atoms. The quantitative estimate of drug-likeness (QED) is 0.483. The predicted molar refractivity (Wildman–Crippen MR) is 99.6 cm³/mol. The third-order valence-electron chi connectivity index (χ3n) is 4.35. The van der Waals surface area contributed by atoms with E-state index in [1.165, 1.54) is 18.6 Å². The van der Waals surface area contributed by atoms with Crippen LogP contribution in [0.4, 0.5) is 18.9 Å². The molecule has 0 aliphatic carbocycles. The highest BCUT2D eigenvalue weighted by molar-refractivity contribution is 5.49. The molecule has 0 aliphatic heterocycles. The van der Waals surface area contributed by atoms with E-state index >= 15 is 0 Å². The largest absolute Gasteiger partial charge is 0.497 e. The maximum absolute atomic E-state index is 13.0. The van der Waals surface area contributed by atoms with Gasteiger partial charge in [-0.1, -0.05) is 38.3 Å². The molecule has 0 fully saturated rings. The Morgan fingerprint density at radius 1 is 0.962 bits per heavy atom. The van der Waals surface area contributed by atoms with Crippen LogP contribution in [0.15, 0.2) is 48.5 Å². The van der Waals surface area contributed by atoms with E-state index in [9.17, 15) is 13.2 Å². The maximum Gasteiger partial charge on any atom is 0.416 e. The Bertz CT molecular complexity index is 668. The van der Waals surface area contributed by atoms with Gasteiger partial charge in [-0.05, 0) is 48.4 Å². The first-order chi connectivity index (χ1) is 12.4. The molecule has 0 spiro atoms. The van der Waals surface area contributed by atoms with E-state index in [0.29, 0.717) is 12.1 Å². The molecule has 26 heavy (non-hydrogen) atoms. The summed E-state index contributed by atoms with van der Waals surface area (Å²) < 4.78 is 44.1. The van der Waals surface area contributed by atoms with Crippen molar-refractivity contribution in [3.8, 4) is 5.75 Å². The molecule has 2 rings (SSSR count). The highest BCUT2D eigenvalue weighted by Gasteiger charge is 2.30. The van der Waals surface area contributed by atoms with Gasteiger partial charge in [-0.15, -0.1) is 0 Å². The van der Waals surface area contributed by atoms with E-state index in [1.54, 1.807) is 13.2 Å². The molecule has 0 heterocycles. The zero-order valence-corrected chi connectivity index (χ0v) is 15.4. The summed E-state index contributed by atoms with van der Waals surface area (Å²) in [6.45, 7) is 3.41. The Labute approximate surface area is 153 Å². The van der Waals surface area contributed by atoms with E-state index in [4.69, 9.17) is 4.74 Å². The van der Waals surface area contributed by atoms with Gasteiger partial charge in [-0.2, -0.15) is 13.2 Å². The lowest BCUT2D eigenvalue weighted by atomic mass is 10.1. The van der Waals surface area contributed by atoms with Crippen LogP contribution in [0.5, 0.6) is 5.75 Å². The molecule has 0 unspecified atom stereocenters. The van der Waals surface area contributed by atoms with Crippen LogP contribution in [-0.4, -0.2) is 13.7 Å². The van der Waals surface area contributed by atoms with Crippen molar-refractivity contribution in [2.24, 2.45) is 0 Å². The Kier molecular flexibility index (Phi) is 7.37. The summed E-state index contributed by atoms with van der Waals surface area (Å²) in [4.78, 5) is 2.13. The molecule has 142 valence electrons. The van der Waals surface area contributed by atoms with E-state index in [2.05, 4.69) is 11.8 Å². The fourth-order valence-electron chi connectivity index (χ4n) is 2.89. The summed E-state index contributed by atoms with van der Waals surface area (Å²) in [5, 5.41) is 0. The monoisotopic (exact) mass is 365 g/mol. The van der Waals surface area contributed by atoms with Crippen molar-refractivity contribution in [3.05, 3.63) is 59.7 Å². The van der Waals surface area contributed by atoms with Crippen molar-refractivity contribution in [1.82, 2.24) is 0 Å². The lowest BCUT2D eigenvalue weighted by molar-refractivity contribution is -0.137. The summed E-state index contributed by atoms with van der Waals surface area (Å²) in [5.74, 6) is 0.763. The van der Waals surface area contributed by atoms with Crippen molar-refractivity contribution < 1.29 is 17.9 Å². The number of hydrogen-bond acceptors (Lipinski definition) is 2. The minimum atomic E-state index is -4.32. The highest BCUT2D eigenvalue weighted by Crippen LogP contribution is 2.30. The van der Waals surface area contributed by atoms with Gasteiger partial charge in [0.1, 0.15) is 5.75 Å². The van der Waals surface area contributed by atoms with Crippen molar-refractivity contribution in [3.63, 3.8) is 0 Å². The van der Waals surface area contributed by atoms with Crippen LogP contribution in [-0.2, 0) is 12.7 Å². The summed E-state index contributed by atoms with van der Waals surface area (Å²) in [6, 6.07) is 13.2. The van der Waals surface area contributed by atoms with Crippen molar-refractivity contribution in [1.29, 1.82) is 0 Å². The first-order valence-corrected chi connectivity index (χ1v) is 8.99. The average Bonchev–Trinajstić information content (AvgIpc) is 2.64. The Morgan fingerprint density at radius 2 is 1.69 bits per heavy atom. The molecule has 0 saturated carbocycles. The topological polar surface area (TPSA) is 12.5 Å². The van der Waals surface area contributed by atoms with Crippen LogP contribution in [0.2, 0.25) is 0 Å². The number of ether oxygens (including phenoxy) is 1. The third-order valence-corrected chi connectivity index (χ3v) is 4.35. The van der Waals surface area contributed by atoms with Crippen LogP contribution >= 0.6 is 0 Å². The number of alkyl halides is 3. The second-order valence-electron chi connectivity index (χ2n) is 6.38. The predicted octanol–water partition coefficient (Wildman–Crippen LogP) is 6.30. The average molecular weight is 365 g/mol. The van der Waals surface area contributed by atoms with Gasteiger partial charge in [0.05, 0.1) is 12.7 Å². The number of nitrogens with zero attached hydrogens (tertiary/aromatic N) is 1. The number of benzene rings is 2. The Balaban J connectivity index is 2.17. The van der Waals surface area contributed by atoms with Gasteiger partial charge in [0.15, 0.2) is 0 Å². The van der Waals surface area contributed by atoms with E-state index in [1.807, 2.05) is 24.3 Å². The first-order valence-electron chi connectivity index (χ1n) is 8.99. The number of methoxy groups -OCH3 is 1. The molecule has 0 radical (unpaired) electrons. The van der Waals surface area contributed by atoms with Crippen LogP contribution in [0.3, 0.4) is 0 Å². The highest BCUT2D eigenvalue weighted by atomic mass is 19.4. The Morgan fingerprint density at radius 3 is 2.31 bits per heavy atom. The molecule has 5 heteroatoms. The molecule has 0 N–H and O–H groups in total. The van der Waals surface area contributed by atoms with E-state index < -0.39 is 11.7 Å². The van der Waals surface area contributed by atoms with Crippen LogP contribution in [0.1, 0.15) is 43.7 Å². The molecule has 2 aromatic carbocycles. The summed E-state index contributed by atoms with van der Waals surface area (Å²) in [7, 11) is 1.61. The lowest BCUT2D eigenvalue weighted by Crippen LogP contribution is -2.24. The van der Waals surface area contributed by atoms with Crippen molar-refractivity contribution in [2.75, 3.05) is 18.6 Å². The Hall–Kier alpha value is -2.17. The molecule has 0 aliphatic rings.